The van der Waals surface area contributed by atoms with Crippen molar-refractivity contribution in [1.29, 1.82) is 0 Å². The number of carbonyl (C=O) groups excluding carboxylic acids is 2. The number of likely N-dealkylation sites (tertiary alicyclic amines) is 1. The highest BCUT2D eigenvalue weighted by atomic mass is 16.5. The summed E-state index contributed by atoms with van der Waals surface area (Å²) in [6.07, 6.45) is 4.78. The third-order valence-electron chi connectivity index (χ3n) is 8.01. The van der Waals surface area contributed by atoms with Crippen LogP contribution in [0.1, 0.15) is 46.2 Å². The number of hydrogen-bond donors (Lipinski definition) is 0. The van der Waals surface area contributed by atoms with E-state index in [1.807, 2.05) is 64.5 Å². The number of carbonyl (C=O) groups is 2. The van der Waals surface area contributed by atoms with Crippen LogP contribution in [-0.2, 0) is 30.3 Å². The summed E-state index contributed by atoms with van der Waals surface area (Å²) in [5, 5.41) is 12.8. The molecule has 5 heterocycles. The smallest absolute Gasteiger partial charge is 0.272 e. The predicted octanol–water partition coefficient (Wildman–Crippen LogP) is 2.87. The Balaban J connectivity index is 1.43. The fourth-order valence-corrected chi connectivity index (χ4v) is 6.33. The molecule has 7 rings (SSSR count). The van der Waals surface area contributed by atoms with Crippen LogP contribution in [-0.4, -0.2) is 54.6 Å². The highest BCUT2D eigenvalue weighted by molar-refractivity contribution is 6.10. The molecule has 0 radical (unpaired) electrons. The molecule has 1 spiro atoms. The molecule has 4 aromatic rings. The molecule has 2 amide bonds. The molecule has 192 valence electrons. The van der Waals surface area contributed by atoms with Crippen molar-refractivity contribution < 1.29 is 14.3 Å². The molecule has 0 unspecified atom stereocenters. The van der Waals surface area contributed by atoms with Crippen LogP contribution in [0.25, 0.3) is 0 Å². The lowest BCUT2D eigenvalue weighted by atomic mass is 9.72. The molecule has 2 aromatic heterocycles. The van der Waals surface area contributed by atoms with Crippen molar-refractivity contribution in [3.63, 3.8) is 0 Å². The zero-order chi connectivity index (χ0) is 25.9. The van der Waals surface area contributed by atoms with E-state index in [-0.39, 0.29) is 11.8 Å². The molecule has 10 nitrogen and oxygen atoms in total. The van der Waals surface area contributed by atoms with E-state index in [0.717, 1.165) is 28.9 Å². The first kappa shape index (κ1) is 22.7. The summed E-state index contributed by atoms with van der Waals surface area (Å²) < 4.78 is 9.48. The largest absolute Gasteiger partial charge is 0.494 e. The van der Waals surface area contributed by atoms with Crippen molar-refractivity contribution in [1.82, 2.24) is 29.7 Å². The Hall–Kier alpha value is -4.47. The summed E-state index contributed by atoms with van der Waals surface area (Å²) in [5.41, 5.74) is 2.92. The lowest BCUT2D eigenvalue weighted by molar-refractivity contribution is -0.124. The van der Waals surface area contributed by atoms with Gasteiger partial charge in [-0.25, -0.2) is 0 Å². The summed E-state index contributed by atoms with van der Waals surface area (Å²) in [6, 6.07) is 17.0. The lowest BCUT2D eigenvalue weighted by Crippen LogP contribution is -2.45. The molecule has 10 heteroatoms. The highest BCUT2D eigenvalue weighted by Crippen LogP contribution is 2.57. The predicted molar refractivity (Wildman–Crippen MR) is 137 cm³/mol. The van der Waals surface area contributed by atoms with Gasteiger partial charge in [-0.3, -0.25) is 19.0 Å². The van der Waals surface area contributed by atoms with E-state index in [9.17, 15) is 9.59 Å². The number of para-hydroxylation sites is 1. The van der Waals surface area contributed by atoms with E-state index in [0.29, 0.717) is 44.1 Å². The molecule has 1 fully saturated rings. The minimum atomic E-state index is -0.945. The van der Waals surface area contributed by atoms with Crippen LogP contribution in [0.2, 0.25) is 0 Å². The van der Waals surface area contributed by atoms with E-state index in [4.69, 9.17) is 4.74 Å². The van der Waals surface area contributed by atoms with E-state index in [2.05, 4.69) is 15.4 Å². The lowest BCUT2D eigenvalue weighted by Gasteiger charge is -2.35. The number of aryl methyl sites for hydroxylation is 2. The molecule has 38 heavy (non-hydrogen) atoms. The number of aromatic nitrogens is 5. The quantitative estimate of drug-likeness (QED) is 0.391. The summed E-state index contributed by atoms with van der Waals surface area (Å²) in [5.74, 6) is 0.532. The van der Waals surface area contributed by atoms with Crippen LogP contribution >= 0.6 is 0 Å². The number of hydrogen-bond acceptors (Lipinski definition) is 6. The molecule has 2 aromatic carbocycles. The summed E-state index contributed by atoms with van der Waals surface area (Å²) >= 11 is 0. The molecule has 2 atom stereocenters. The van der Waals surface area contributed by atoms with Gasteiger partial charge in [-0.15, -0.1) is 5.10 Å². The third kappa shape index (κ3) is 3.29. The van der Waals surface area contributed by atoms with Gasteiger partial charge in [-0.1, -0.05) is 35.5 Å². The fourth-order valence-electron chi connectivity index (χ4n) is 6.33. The van der Waals surface area contributed by atoms with Gasteiger partial charge in [-0.2, -0.15) is 5.10 Å². The van der Waals surface area contributed by atoms with Crippen molar-refractivity contribution in [3.05, 3.63) is 89.5 Å². The Morgan fingerprint density at radius 2 is 2.00 bits per heavy atom. The number of anilines is 1. The minimum absolute atomic E-state index is 0.0280. The SMILES string of the molecule is Cn1nccc1C(=O)N1CC[C@@]23C(=O)N(Cc4cn(nn4)CCCOc4cccc(c4)[C@H]12)c1ccccc13. The maximum Gasteiger partial charge on any atom is 0.272 e. The third-order valence-corrected chi connectivity index (χ3v) is 8.01. The van der Waals surface area contributed by atoms with Crippen molar-refractivity contribution in [3.8, 4) is 5.75 Å². The Kier molecular flexibility index (Phi) is 5.10. The molecule has 1 saturated heterocycles. The van der Waals surface area contributed by atoms with Gasteiger partial charge >= 0.3 is 0 Å². The first-order valence-corrected chi connectivity index (χ1v) is 12.9. The van der Waals surface area contributed by atoms with Crippen LogP contribution < -0.4 is 9.64 Å². The van der Waals surface area contributed by atoms with Crippen molar-refractivity contribution in [2.24, 2.45) is 7.05 Å². The Morgan fingerprint density at radius 3 is 2.87 bits per heavy atom. The van der Waals surface area contributed by atoms with Crippen LogP contribution in [0.15, 0.2) is 67.0 Å². The van der Waals surface area contributed by atoms with E-state index < -0.39 is 11.5 Å². The second kappa shape index (κ2) is 8.54. The maximum absolute atomic E-state index is 14.6. The second-order valence-corrected chi connectivity index (χ2v) is 10.1. The van der Waals surface area contributed by atoms with E-state index in [1.165, 1.54) is 0 Å². The average molecular weight is 510 g/mol. The standard InChI is InChI=1S/C28H27N7O3/c1-32-24(10-12-29-32)26(36)34-14-11-28-22-8-2-3-9-23(22)35(27(28)37)18-20-17-33(31-30-20)13-5-15-38-21-7-4-6-19(16-21)25(28)34/h2-4,6-10,12,16-17,25H,5,11,13-15,18H2,1H3/t25-,28-/m0/s1. The van der Waals surface area contributed by atoms with Crippen LogP contribution in [0.5, 0.6) is 5.75 Å². The summed E-state index contributed by atoms with van der Waals surface area (Å²) in [7, 11) is 1.76. The topological polar surface area (TPSA) is 98.4 Å². The number of benzene rings is 2. The second-order valence-electron chi connectivity index (χ2n) is 10.1. The van der Waals surface area contributed by atoms with Crippen LogP contribution in [0, 0.1) is 0 Å². The molecule has 6 bridgehead atoms. The maximum atomic E-state index is 14.6. The van der Waals surface area contributed by atoms with Crippen LogP contribution in [0.3, 0.4) is 0 Å². The highest BCUT2D eigenvalue weighted by Gasteiger charge is 2.61. The van der Waals surface area contributed by atoms with Crippen molar-refractivity contribution in [2.45, 2.75) is 37.4 Å². The Labute approximate surface area is 219 Å². The molecular weight excluding hydrogens is 482 g/mol. The number of rotatable bonds is 1. The fraction of sp³-hybridized carbons (Fsp3) is 0.321. The van der Waals surface area contributed by atoms with Crippen LogP contribution in [0.4, 0.5) is 5.69 Å². The van der Waals surface area contributed by atoms with Gasteiger partial charge in [0.25, 0.3) is 5.91 Å². The first-order chi connectivity index (χ1) is 18.6. The van der Waals surface area contributed by atoms with Gasteiger partial charge < -0.3 is 14.5 Å². The van der Waals surface area contributed by atoms with Gasteiger partial charge in [0.1, 0.15) is 22.6 Å². The number of amides is 2. The van der Waals surface area contributed by atoms with Gasteiger partial charge in [0.05, 0.1) is 25.4 Å². The molecular formula is C28H27N7O3. The average Bonchev–Trinajstić information content (AvgIpc) is 3.70. The molecule has 3 aliphatic rings. The monoisotopic (exact) mass is 509 g/mol. The normalized spacial score (nSPS) is 22.3. The zero-order valence-electron chi connectivity index (χ0n) is 21.0. The van der Waals surface area contributed by atoms with Gasteiger partial charge in [0, 0.05) is 38.4 Å². The summed E-state index contributed by atoms with van der Waals surface area (Å²) in [4.78, 5) is 32.2. The van der Waals surface area contributed by atoms with Crippen molar-refractivity contribution in [2.75, 3.05) is 18.1 Å². The number of fused-ring (bicyclic) bond motifs is 8. The van der Waals surface area contributed by atoms with Gasteiger partial charge in [-0.05, 0) is 41.8 Å². The Morgan fingerprint density at radius 1 is 1.11 bits per heavy atom. The summed E-state index contributed by atoms with van der Waals surface area (Å²) in [6.45, 7) is 1.93. The van der Waals surface area contributed by atoms with Crippen molar-refractivity contribution >= 4 is 17.5 Å². The zero-order valence-corrected chi connectivity index (χ0v) is 21.0. The Bertz CT molecular complexity index is 1560. The molecule has 0 saturated carbocycles. The first-order valence-electron chi connectivity index (χ1n) is 12.9. The molecule has 0 aliphatic carbocycles. The van der Waals surface area contributed by atoms with Gasteiger partial charge in [0.2, 0.25) is 5.91 Å². The molecule has 3 aliphatic heterocycles. The minimum Gasteiger partial charge on any atom is -0.494 e. The number of ether oxygens (including phenoxy) is 1. The van der Waals surface area contributed by atoms with E-state index >= 15 is 0 Å². The molecule has 0 N–H and O–H groups in total. The number of nitrogens with zero attached hydrogens (tertiary/aromatic N) is 7. The van der Waals surface area contributed by atoms with E-state index in [1.54, 1.807) is 28.7 Å². The van der Waals surface area contributed by atoms with Gasteiger partial charge in [0.15, 0.2) is 0 Å².